The van der Waals surface area contributed by atoms with E-state index in [-0.39, 0.29) is 20.6 Å². The molecule has 0 amide bonds. The highest BCUT2D eigenvalue weighted by Gasteiger charge is 2.34. The number of carbonyl (C=O) groups is 1. The lowest BCUT2D eigenvalue weighted by molar-refractivity contribution is -0.137. The number of halogens is 3. The van der Waals surface area contributed by atoms with Crippen LogP contribution in [0, 0.1) is 3.57 Å². The topological polar surface area (TPSA) is 74.7 Å². The summed E-state index contributed by atoms with van der Waals surface area (Å²) in [5.74, 6) is -1.27. The second-order valence-corrected chi connectivity index (χ2v) is 8.63. The first-order valence-electron chi connectivity index (χ1n) is 6.63. The van der Waals surface area contributed by atoms with Crippen molar-refractivity contribution in [2.75, 3.05) is 4.31 Å². The first-order chi connectivity index (χ1) is 11.2. The van der Waals surface area contributed by atoms with Crippen LogP contribution in [0.4, 0.5) is 5.69 Å². The molecule has 0 saturated carbocycles. The maximum atomic E-state index is 13.1. The molecule has 128 valence electrons. The van der Waals surface area contributed by atoms with Crippen LogP contribution in [0.15, 0.2) is 47.4 Å². The molecule has 2 aromatic rings. The van der Waals surface area contributed by atoms with Gasteiger partial charge in [0.15, 0.2) is 0 Å². The number of rotatable bonds is 5. The molecule has 24 heavy (non-hydrogen) atoms. The van der Waals surface area contributed by atoms with Gasteiger partial charge in [0.2, 0.25) is 0 Å². The molecule has 2 aromatic carbocycles. The normalized spacial score (nSPS) is 12.7. The number of para-hydroxylation sites is 1. The van der Waals surface area contributed by atoms with Gasteiger partial charge in [0.25, 0.3) is 10.0 Å². The number of hydrogen-bond acceptors (Lipinski definition) is 3. The average molecular weight is 500 g/mol. The third-order valence-corrected chi connectivity index (χ3v) is 6.78. The van der Waals surface area contributed by atoms with Crippen molar-refractivity contribution in [1.29, 1.82) is 0 Å². The Morgan fingerprint density at radius 1 is 1.17 bits per heavy atom. The van der Waals surface area contributed by atoms with Crippen molar-refractivity contribution < 1.29 is 18.3 Å². The summed E-state index contributed by atoms with van der Waals surface area (Å²) in [6.07, 6.45) is 0. The summed E-state index contributed by atoms with van der Waals surface area (Å²) in [6, 6.07) is 9.18. The number of nitrogens with zero attached hydrogens (tertiary/aromatic N) is 1. The van der Waals surface area contributed by atoms with Gasteiger partial charge in [-0.3, -0.25) is 4.31 Å². The Kier molecular flexibility index (Phi) is 6.00. The van der Waals surface area contributed by atoms with Gasteiger partial charge in [-0.05, 0) is 59.8 Å². The molecule has 5 nitrogen and oxygen atoms in total. The number of sulfonamides is 1. The Labute approximate surface area is 163 Å². The van der Waals surface area contributed by atoms with E-state index in [2.05, 4.69) is 0 Å². The van der Waals surface area contributed by atoms with Crippen molar-refractivity contribution in [2.24, 2.45) is 0 Å². The summed E-state index contributed by atoms with van der Waals surface area (Å²) >= 11 is 13.7. The fourth-order valence-electron chi connectivity index (χ4n) is 2.03. The molecule has 0 aliphatic heterocycles. The van der Waals surface area contributed by atoms with Crippen molar-refractivity contribution in [3.05, 3.63) is 56.1 Å². The Balaban J connectivity index is 2.68. The zero-order valence-electron chi connectivity index (χ0n) is 12.3. The predicted molar refractivity (Wildman–Crippen MR) is 102 cm³/mol. The third kappa shape index (κ3) is 3.79. The molecule has 0 fully saturated rings. The van der Waals surface area contributed by atoms with E-state index in [4.69, 9.17) is 23.2 Å². The lowest BCUT2D eigenvalue weighted by Gasteiger charge is -2.29. The largest absolute Gasteiger partial charge is 0.480 e. The van der Waals surface area contributed by atoms with Crippen molar-refractivity contribution in [1.82, 2.24) is 0 Å². The summed E-state index contributed by atoms with van der Waals surface area (Å²) < 4.78 is 27.6. The monoisotopic (exact) mass is 499 g/mol. The van der Waals surface area contributed by atoms with E-state index < -0.39 is 22.0 Å². The van der Waals surface area contributed by atoms with Crippen molar-refractivity contribution in [3.63, 3.8) is 0 Å². The van der Waals surface area contributed by atoms with E-state index in [0.717, 1.165) is 4.31 Å². The van der Waals surface area contributed by atoms with Crippen LogP contribution in [0.1, 0.15) is 6.92 Å². The number of hydrogen-bond donors (Lipinski definition) is 1. The minimum atomic E-state index is -4.16. The summed E-state index contributed by atoms with van der Waals surface area (Å²) in [4.78, 5) is 11.3. The maximum absolute atomic E-state index is 13.1. The summed E-state index contributed by atoms with van der Waals surface area (Å²) in [6.45, 7) is 1.31. The fourth-order valence-corrected chi connectivity index (χ4v) is 4.86. The third-order valence-electron chi connectivity index (χ3n) is 3.25. The van der Waals surface area contributed by atoms with Crippen molar-refractivity contribution in [2.45, 2.75) is 17.9 Å². The minimum Gasteiger partial charge on any atom is -0.480 e. The van der Waals surface area contributed by atoms with Crippen LogP contribution in [0.25, 0.3) is 0 Å². The molecule has 0 radical (unpaired) electrons. The molecule has 0 bridgehead atoms. The number of carboxylic acids is 1. The minimum absolute atomic E-state index is 0.0726. The van der Waals surface area contributed by atoms with Crippen LogP contribution >= 0.6 is 45.8 Å². The van der Waals surface area contributed by atoms with E-state index in [1.807, 2.05) is 22.6 Å². The number of carboxylic acid groups (broad SMARTS) is 1. The summed E-state index contributed by atoms with van der Waals surface area (Å²) in [5, 5.41) is 9.64. The Hall–Kier alpha value is -1.03. The van der Waals surface area contributed by atoms with E-state index >= 15 is 0 Å². The molecule has 2 rings (SSSR count). The second-order valence-electron chi connectivity index (χ2n) is 4.84. The van der Waals surface area contributed by atoms with Gasteiger partial charge in [0.1, 0.15) is 6.04 Å². The molecule has 0 spiro atoms. The van der Waals surface area contributed by atoms with Gasteiger partial charge >= 0.3 is 5.97 Å². The van der Waals surface area contributed by atoms with Crippen LogP contribution < -0.4 is 4.31 Å². The molecule has 0 heterocycles. The molecule has 1 N–H and O–H groups in total. The average Bonchev–Trinajstić information content (AvgIpc) is 2.51. The standard InChI is InChI=1S/C15H12Cl2INO4S/c1-9(15(20)21)19(14-5-3-2-4-13(14)18)24(22,23)10-6-7-11(16)12(17)8-10/h2-9H,1H3,(H,20,21). The maximum Gasteiger partial charge on any atom is 0.327 e. The van der Waals surface area contributed by atoms with Gasteiger partial charge in [-0.15, -0.1) is 0 Å². The van der Waals surface area contributed by atoms with E-state index in [0.29, 0.717) is 3.57 Å². The van der Waals surface area contributed by atoms with E-state index in [1.165, 1.54) is 25.1 Å². The zero-order valence-corrected chi connectivity index (χ0v) is 16.8. The quantitative estimate of drug-likeness (QED) is 0.623. The van der Waals surface area contributed by atoms with Crippen LogP contribution in [0.5, 0.6) is 0 Å². The zero-order chi connectivity index (χ0) is 18.1. The SMILES string of the molecule is CC(C(=O)O)N(c1ccccc1I)S(=O)(=O)c1ccc(Cl)c(Cl)c1. The Bertz CT molecular complexity index is 889. The van der Waals surface area contributed by atoms with Crippen molar-refractivity contribution >= 4 is 67.5 Å². The predicted octanol–water partition coefficient (Wildman–Crippen LogP) is 4.27. The van der Waals surface area contributed by atoms with Gasteiger partial charge < -0.3 is 5.11 Å². The highest BCUT2D eigenvalue weighted by Crippen LogP contribution is 2.32. The molecule has 1 unspecified atom stereocenters. The first kappa shape index (κ1) is 19.3. The number of benzene rings is 2. The van der Waals surface area contributed by atoms with Gasteiger partial charge in [-0.2, -0.15) is 0 Å². The first-order valence-corrected chi connectivity index (χ1v) is 9.90. The summed E-state index contributed by atoms with van der Waals surface area (Å²) in [7, 11) is -4.16. The molecule has 9 heteroatoms. The number of anilines is 1. The molecule has 0 aromatic heterocycles. The smallest absolute Gasteiger partial charge is 0.327 e. The second kappa shape index (κ2) is 7.47. The highest BCUT2D eigenvalue weighted by molar-refractivity contribution is 14.1. The van der Waals surface area contributed by atoms with Gasteiger partial charge in [0, 0.05) is 3.57 Å². The van der Waals surface area contributed by atoms with Crippen LogP contribution in [-0.2, 0) is 14.8 Å². The van der Waals surface area contributed by atoms with Crippen LogP contribution in [-0.4, -0.2) is 25.5 Å². The molecular formula is C15H12Cl2INO4S. The summed E-state index contributed by atoms with van der Waals surface area (Å²) in [5.41, 5.74) is 0.277. The van der Waals surface area contributed by atoms with Gasteiger partial charge in [0.05, 0.1) is 20.6 Å². The van der Waals surface area contributed by atoms with Gasteiger partial charge in [-0.25, -0.2) is 13.2 Å². The molecule has 0 aliphatic carbocycles. The highest BCUT2D eigenvalue weighted by atomic mass is 127. The van der Waals surface area contributed by atoms with E-state index in [1.54, 1.807) is 24.3 Å². The Morgan fingerprint density at radius 3 is 2.33 bits per heavy atom. The van der Waals surface area contributed by atoms with Crippen LogP contribution in [0.3, 0.4) is 0 Å². The lowest BCUT2D eigenvalue weighted by atomic mass is 10.2. The molecule has 1 atom stereocenters. The number of aliphatic carboxylic acids is 1. The van der Waals surface area contributed by atoms with Crippen LogP contribution in [0.2, 0.25) is 10.0 Å². The lowest BCUT2D eigenvalue weighted by Crippen LogP contribution is -2.43. The molecule has 0 aliphatic rings. The molecular weight excluding hydrogens is 488 g/mol. The fraction of sp³-hybridized carbons (Fsp3) is 0.133. The van der Waals surface area contributed by atoms with Gasteiger partial charge in [-0.1, -0.05) is 35.3 Å². The van der Waals surface area contributed by atoms with E-state index in [9.17, 15) is 18.3 Å². The molecule has 0 saturated heterocycles. The van der Waals surface area contributed by atoms with Crippen molar-refractivity contribution in [3.8, 4) is 0 Å². The Morgan fingerprint density at radius 2 is 1.79 bits per heavy atom.